The van der Waals surface area contributed by atoms with E-state index in [1.807, 2.05) is 44.2 Å². The molecule has 3 aromatic rings. The van der Waals surface area contributed by atoms with Gasteiger partial charge >= 0.3 is 0 Å². The Hall–Kier alpha value is -3.34. The number of fused-ring (bicyclic) bond motifs is 2. The summed E-state index contributed by atoms with van der Waals surface area (Å²) in [6.45, 7) is 7.04. The van der Waals surface area contributed by atoms with Crippen LogP contribution >= 0.6 is 0 Å². The zero-order chi connectivity index (χ0) is 25.8. The van der Waals surface area contributed by atoms with Gasteiger partial charge in [-0.15, -0.1) is 0 Å². The number of benzene rings is 2. The van der Waals surface area contributed by atoms with Crippen LogP contribution in [0.5, 0.6) is 0 Å². The predicted octanol–water partition coefficient (Wildman–Crippen LogP) is 1.94. The van der Waals surface area contributed by atoms with Gasteiger partial charge in [-0.3, -0.25) is 24.6 Å². The minimum atomic E-state index is -0.277. The van der Waals surface area contributed by atoms with Gasteiger partial charge < -0.3 is 10.2 Å². The second-order valence-corrected chi connectivity index (χ2v) is 9.16. The highest BCUT2D eigenvalue weighted by atomic mass is 19.1. The highest BCUT2D eigenvalue weighted by Crippen LogP contribution is 2.26. The molecule has 36 heavy (non-hydrogen) atoms. The largest absolute Gasteiger partial charge is 0.315 e. The number of aromatic nitrogens is 2. The Morgan fingerprint density at radius 1 is 1.08 bits per heavy atom. The molecular weight excluding hydrogens is 461 g/mol. The Bertz CT molecular complexity index is 1260. The molecule has 9 nitrogen and oxygen atoms in total. The van der Waals surface area contributed by atoms with Crippen molar-refractivity contribution in [3.8, 4) is 0 Å². The van der Waals surface area contributed by atoms with Gasteiger partial charge in [-0.05, 0) is 54.4 Å². The summed E-state index contributed by atoms with van der Waals surface area (Å²) in [5, 5.41) is 15.2. The summed E-state index contributed by atoms with van der Waals surface area (Å²) < 4.78 is 15.3. The first-order valence-electron chi connectivity index (χ1n) is 12.2. The molecule has 2 heterocycles. The Balaban J connectivity index is 1.37. The SMILES string of the molecule is CCNCCN(C(=O)CNCC(=O)N(C)N1Cc2ccc(F)cc2C1)c1cc2nn(C)cc2cc1C. The number of amides is 2. The average Bonchev–Trinajstić information content (AvgIpc) is 3.42. The number of halogens is 1. The number of nitrogens with zero attached hydrogens (tertiary/aromatic N) is 5. The molecule has 0 atom stereocenters. The van der Waals surface area contributed by atoms with Gasteiger partial charge in [0.15, 0.2) is 0 Å². The lowest BCUT2D eigenvalue weighted by molar-refractivity contribution is -0.145. The van der Waals surface area contributed by atoms with Gasteiger partial charge in [0.05, 0.1) is 18.6 Å². The van der Waals surface area contributed by atoms with Crippen molar-refractivity contribution < 1.29 is 14.0 Å². The maximum Gasteiger partial charge on any atom is 0.250 e. The highest BCUT2D eigenvalue weighted by Gasteiger charge is 2.26. The minimum Gasteiger partial charge on any atom is -0.315 e. The zero-order valence-electron chi connectivity index (χ0n) is 21.3. The van der Waals surface area contributed by atoms with Crippen molar-refractivity contribution in [2.75, 3.05) is 44.7 Å². The average molecular weight is 496 g/mol. The van der Waals surface area contributed by atoms with Crippen LogP contribution in [-0.2, 0) is 29.7 Å². The van der Waals surface area contributed by atoms with Gasteiger partial charge in [-0.1, -0.05) is 13.0 Å². The number of carbonyl (C=O) groups excluding carboxylic acids is 2. The van der Waals surface area contributed by atoms with Crippen molar-refractivity contribution in [2.45, 2.75) is 26.9 Å². The van der Waals surface area contributed by atoms with Crippen molar-refractivity contribution >= 4 is 28.4 Å². The van der Waals surface area contributed by atoms with E-state index in [0.717, 1.165) is 39.8 Å². The van der Waals surface area contributed by atoms with E-state index in [2.05, 4.69) is 15.7 Å². The summed E-state index contributed by atoms with van der Waals surface area (Å²) in [4.78, 5) is 27.8. The van der Waals surface area contributed by atoms with Gasteiger partial charge in [-0.2, -0.15) is 5.10 Å². The fourth-order valence-electron chi connectivity index (χ4n) is 4.54. The molecule has 0 radical (unpaired) electrons. The van der Waals surface area contributed by atoms with E-state index in [9.17, 15) is 14.0 Å². The molecule has 0 spiro atoms. The predicted molar refractivity (Wildman–Crippen MR) is 138 cm³/mol. The molecule has 0 bridgehead atoms. The molecule has 0 saturated carbocycles. The maximum atomic E-state index is 13.5. The molecule has 192 valence electrons. The number of carbonyl (C=O) groups is 2. The minimum absolute atomic E-state index is 0.0166. The van der Waals surface area contributed by atoms with E-state index in [4.69, 9.17) is 0 Å². The second kappa shape index (κ2) is 11.2. The molecule has 4 rings (SSSR count). The molecule has 2 amide bonds. The molecule has 0 saturated heterocycles. The summed E-state index contributed by atoms with van der Waals surface area (Å²) in [6, 6.07) is 8.69. The first-order valence-corrected chi connectivity index (χ1v) is 12.2. The van der Waals surface area contributed by atoms with E-state index < -0.39 is 0 Å². The lowest BCUT2D eigenvalue weighted by Gasteiger charge is -2.28. The monoisotopic (exact) mass is 495 g/mol. The standard InChI is InChI=1S/C26H34FN7O2/c1-5-28-8-9-34(24-12-23-21(10-18(24)2)15-31(3)30-23)26(36)14-29-13-25(35)32(4)33-16-19-6-7-22(27)11-20(19)17-33/h6-7,10-12,15,28-29H,5,8-9,13-14,16-17H2,1-4H3. The molecule has 1 aromatic heterocycles. The van der Waals surface area contributed by atoms with Gasteiger partial charge in [0.25, 0.3) is 5.91 Å². The van der Waals surface area contributed by atoms with Crippen LogP contribution in [0.1, 0.15) is 23.6 Å². The number of hydrazine groups is 1. The summed E-state index contributed by atoms with van der Waals surface area (Å²) in [5.74, 6) is -0.562. The van der Waals surface area contributed by atoms with Gasteiger partial charge in [-0.25, -0.2) is 9.40 Å². The highest BCUT2D eigenvalue weighted by molar-refractivity contribution is 5.98. The van der Waals surface area contributed by atoms with Crippen LogP contribution in [0, 0.1) is 12.7 Å². The summed E-state index contributed by atoms with van der Waals surface area (Å²) in [7, 11) is 3.57. The fourth-order valence-corrected chi connectivity index (χ4v) is 4.54. The smallest absolute Gasteiger partial charge is 0.250 e. The van der Waals surface area contributed by atoms with E-state index in [0.29, 0.717) is 26.2 Å². The summed E-state index contributed by atoms with van der Waals surface area (Å²) in [5.41, 5.74) is 4.53. The molecule has 1 aliphatic rings. The van der Waals surface area contributed by atoms with Gasteiger partial charge in [0, 0.05) is 57.5 Å². The van der Waals surface area contributed by atoms with Crippen LogP contribution in [0.25, 0.3) is 10.9 Å². The van der Waals surface area contributed by atoms with E-state index in [1.54, 1.807) is 22.7 Å². The first kappa shape index (κ1) is 25.7. The third-order valence-electron chi connectivity index (χ3n) is 6.50. The number of likely N-dealkylation sites (N-methyl/N-ethyl adjacent to an activating group) is 2. The Morgan fingerprint density at radius 2 is 1.83 bits per heavy atom. The van der Waals surface area contributed by atoms with Crippen molar-refractivity contribution in [1.82, 2.24) is 30.4 Å². The molecule has 0 fully saturated rings. The topological polar surface area (TPSA) is 85.7 Å². The Morgan fingerprint density at radius 3 is 2.61 bits per heavy atom. The second-order valence-electron chi connectivity index (χ2n) is 9.16. The van der Waals surface area contributed by atoms with Crippen LogP contribution in [0.3, 0.4) is 0 Å². The molecule has 1 aliphatic heterocycles. The van der Waals surface area contributed by atoms with Gasteiger partial charge in [0.1, 0.15) is 5.82 Å². The number of hydrogen-bond donors (Lipinski definition) is 2. The van der Waals surface area contributed by atoms with E-state index >= 15 is 0 Å². The van der Waals surface area contributed by atoms with Crippen molar-refractivity contribution in [3.05, 3.63) is 59.0 Å². The molecule has 2 N–H and O–H groups in total. The molecule has 0 aliphatic carbocycles. The number of rotatable bonds is 10. The van der Waals surface area contributed by atoms with Crippen LogP contribution in [0.4, 0.5) is 10.1 Å². The van der Waals surface area contributed by atoms with Crippen molar-refractivity contribution in [3.63, 3.8) is 0 Å². The van der Waals surface area contributed by atoms with Crippen LogP contribution in [-0.4, -0.2) is 71.4 Å². The fraction of sp³-hybridized carbons (Fsp3) is 0.423. The first-order chi connectivity index (χ1) is 17.3. The van der Waals surface area contributed by atoms with E-state index in [-0.39, 0.29) is 30.7 Å². The quantitative estimate of drug-likeness (QED) is 0.418. The maximum absolute atomic E-state index is 13.5. The number of anilines is 1. The number of nitrogens with one attached hydrogen (secondary N) is 2. The van der Waals surface area contributed by atoms with Crippen LogP contribution < -0.4 is 15.5 Å². The van der Waals surface area contributed by atoms with Crippen LogP contribution in [0.2, 0.25) is 0 Å². The summed E-state index contributed by atoms with van der Waals surface area (Å²) in [6.07, 6.45) is 1.95. The normalized spacial score (nSPS) is 13.2. The molecule has 0 unspecified atom stereocenters. The third kappa shape index (κ3) is 5.72. The summed E-state index contributed by atoms with van der Waals surface area (Å²) >= 11 is 0. The lowest BCUT2D eigenvalue weighted by atomic mass is 10.1. The third-order valence-corrected chi connectivity index (χ3v) is 6.50. The Kier molecular flexibility index (Phi) is 7.97. The molecule has 10 heteroatoms. The zero-order valence-corrected chi connectivity index (χ0v) is 21.3. The molecular formula is C26H34FN7O2. The van der Waals surface area contributed by atoms with Gasteiger partial charge in [0.2, 0.25) is 5.91 Å². The van der Waals surface area contributed by atoms with Crippen molar-refractivity contribution in [1.29, 1.82) is 0 Å². The lowest BCUT2D eigenvalue weighted by Crippen LogP contribution is -2.47. The van der Waals surface area contributed by atoms with Crippen molar-refractivity contribution in [2.24, 2.45) is 7.05 Å². The Labute approximate surface area is 210 Å². The molecule has 2 aromatic carbocycles. The van der Waals surface area contributed by atoms with Crippen LogP contribution in [0.15, 0.2) is 36.5 Å². The number of aryl methyl sites for hydroxylation is 2. The van der Waals surface area contributed by atoms with E-state index in [1.165, 1.54) is 17.1 Å². The number of hydrogen-bond acceptors (Lipinski definition) is 6.